The van der Waals surface area contributed by atoms with Gasteiger partial charge in [-0.25, -0.2) is 0 Å². The SMILES string of the molecule is CC(C)NC(=O)C(c1ccccc1)C1CCN(c2ccc(NC(=O)c3ccccc3CSc3ccccc3)cc2)CC1. The van der Waals surface area contributed by atoms with Crippen molar-refractivity contribution in [3.05, 3.63) is 126 Å². The summed E-state index contributed by atoms with van der Waals surface area (Å²) < 4.78 is 0. The molecule has 0 bridgehead atoms. The Bertz CT molecular complexity index is 1450. The number of rotatable bonds is 10. The van der Waals surface area contributed by atoms with Crippen molar-refractivity contribution in [2.75, 3.05) is 23.3 Å². The molecule has 0 aliphatic carbocycles. The van der Waals surface area contributed by atoms with Crippen molar-refractivity contribution in [2.24, 2.45) is 5.92 Å². The lowest BCUT2D eigenvalue weighted by Crippen LogP contribution is -2.42. The highest BCUT2D eigenvalue weighted by Crippen LogP contribution is 2.35. The first-order valence-corrected chi connectivity index (χ1v) is 15.7. The zero-order chi connectivity index (χ0) is 29.3. The van der Waals surface area contributed by atoms with Crippen molar-refractivity contribution >= 4 is 35.0 Å². The van der Waals surface area contributed by atoms with Gasteiger partial charge in [-0.2, -0.15) is 0 Å². The van der Waals surface area contributed by atoms with Gasteiger partial charge in [-0.3, -0.25) is 9.59 Å². The lowest BCUT2D eigenvalue weighted by Gasteiger charge is -2.37. The molecule has 0 aromatic heterocycles. The van der Waals surface area contributed by atoms with E-state index in [2.05, 4.69) is 51.9 Å². The van der Waals surface area contributed by atoms with Crippen LogP contribution in [0.4, 0.5) is 11.4 Å². The van der Waals surface area contributed by atoms with Gasteiger partial charge in [0.15, 0.2) is 0 Å². The van der Waals surface area contributed by atoms with Gasteiger partial charge in [-0.1, -0.05) is 66.7 Å². The van der Waals surface area contributed by atoms with E-state index in [9.17, 15) is 9.59 Å². The fourth-order valence-corrected chi connectivity index (χ4v) is 6.59. The van der Waals surface area contributed by atoms with E-state index in [1.54, 1.807) is 11.8 Å². The number of thioether (sulfide) groups is 1. The van der Waals surface area contributed by atoms with Gasteiger partial charge in [0.25, 0.3) is 5.91 Å². The Morgan fingerprint density at radius 1 is 0.810 bits per heavy atom. The Morgan fingerprint density at radius 2 is 1.43 bits per heavy atom. The summed E-state index contributed by atoms with van der Waals surface area (Å²) in [6, 6.07) is 36.4. The summed E-state index contributed by atoms with van der Waals surface area (Å²) in [5.74, 6) is 0.907. The fourth-order valence-electron chi connectivity index (χ4n) is 5.66. The number of carbonyl (C=O) groups is 2. The van der Waals surface area contributed by atoms with Crippen LogP contribution in [-0.4, -0.2) is 30.9 Å². The summed E-state index contributed by atoms with van der Waals surface area (Å²) in [4.78, 5) is 30.0. The Balaban J connectivity index is 1.19. The summed E-state index contributed by atoms with van der Waals surface area (Å²) in [5.41, 5.74) is 4.71. The van der Waals surface area contributed by atoms with E-state index < -0.39 is 0 Å². The molecule has 2 amide bonds. The van der Waals surface area contributed by atoms with Crippen LogP contribution in [0.25, 0.3) is 0 Å². The predicted molar refractivity (Wildman–Crippen MR) is 174 cm³/mol. The van der Waals surface area contributed by atoms with Gasteiger partial charge < -0.3 is 15.5 Å². The van der Waals surface area contributed by atoms with Gasteiger partial charge in [0.05, 0.1) is 5.92 Å². The van der Waals surface area contributed by atoms with Crippen molar-refractivity contribution in [3.63, 3.8) is 0 Å². The molecule has 1 atom stereocenters. The van der Waals surface area contributed by atoms with Crippen molar-refractivity contribution in [1.82, 2.24) is 5.32 Å². The van der Waals surface area contributed by atoms with E-state index in [0.29, 0.717) is 11.5 Å². The first-order valence-electron chi connectivity index (χ1n) is 14.8. The smallest absolute Gasteiger partial charge is 0.255 e. The standard InChI is InChI=1S/C36H39N3O2S/c1-26(2)37-36(41)34(27-11-5-3-6-12-27)28-21-23-39(24-22-28)31-19-17-30(18-20-31)38-35(40)33-16-10-9-13-29(33)25-42-32-14-7-4-8-15-32/h3-20,26,28,34H,21-25H2,1-2H3,(H,37,41)(H,38,40). The molecule has 4 aromatic carbocycles. The fraction of sp³-hybridized carbons (Fsp3) is 0.278. The average molecular weight is 578 g/mol. The molecule has 0 radical (unpaired) electrons. The third-order valence-corrected chi connectivity index (χ3v) is 8.83. The second-order valence-corrected chi connectivity index (χ2v) is 12.2. The minimum absolute atomic E-state index is 0.0977. The largest absolute Gasteiger partial charge is 0.372 e. The van der Waals surface area contributed by atoms with Crippen molar-refractivity contribution in [3.8, 4) is 0 Å². The monoisotopic (exact) mass is 577 g/mol. The molecule has 216 valence electrons. The van der Waals surface area contributed by atoms with Gasteiger partial charge in [0.2, 0.25) is 5.91 Å². The average Bonchev–Trinajstić information content (AvgIpc) is 3.02. The molecule has 1 aliphatic rings. The number of amides is 2. The van der Waals surface area contributed by atoms with Gasteiger partial charge in [0.1, 0.15) is 0 Å². The highest BCUT2D eigenvalue weighted by molar-refractivity contribution is 7.98. The Kier molecular flexibility index (Phi) is 9.98. The summed E-state index contributed by atoms with van der Waals surface area (Å²) >= 11 is 1.73. The molecule has 42 heavy (non-hydrogen) atoms. The molecular weight excluding hydrogens is 538 g/mol. The van der Waals surface area contributed by atoms with Crippen LogP contribution in [0.1, 0.15) is 54.1 Å². The second kappa shape index (κ2) is 14.2. The molecule has 1 fully saturated rings. The predicted octanol–water partition coefficient (Wildman–Crippen LogP) is 7.76. The summed E-state index contributed by atoms with van der Waals surface area (Å²) in [5, 5.41) is 6.23. The van der Waals surface area contributed by atoms with Gasteiger partial charge in [-0.05, 0) is 86.2 Å². The number of hydrogen-bond acceptors (Lipinski definition) is 4. The highest BCUT2D eigenvalue weighted by atomic mass is 32.2. The summed E-state index contributed by atoms with van der Waals surface area (Å²) in [7, 11) is 0. The van der Waals surface area contributed by atoms with Crippen molar-refractivity contribution < 1.29 is 9.59 Å². The van der Waals surface area contributed by atoms with Crippen molar-refractivity contribution in [1.29, 1.82) is 0 Å². The quantitative estimate of drug-likeness (QED) is 0.189. The highest BCUT2D eigenvalue weighted by Gasteiger charge is 2.33. The number of hydrogen-bond donors (Lipinski definition) is 2. The molecule has 1 saturated heterocycles. The van der Waals surface area contributed by atoms with E-state index in [0.717, 1.165) is 54.2 Å². The molecule has 0 spiro atoms. The number of benzene rings is 4. The first kappa shape index (κ1) is 29.5. The molecule has 5 nitrogen and oxygen atoms in total. The number of nitrogens with zero attached hydrogens (tertiary/aromatic N) is 1. The molecule has 1 unspecified atom stereocenters. The van der Waals surface area contributed by atoms with Crippen LogP contribution in [0.5, 0.6) is 0 Å². The number of piperidine rings is 1. The number of anilines is 2. The van der Waals surface area contributed by atoms with E-state index in [1.165, 1.54) is 4.90 Å². The molecule has 0 saturated carbocycles. The van der Waals surface area contributed by atoms with Crippen LogP contribution in [-0.2, 0) is 10.5 Å². The molecule has 5 rings (SSSR count). The number of nitrogens with one attached hydrogen (secondary N) is 2. The maximum absolute atomic E-state index is 13.2. The molecule has 2 N–H and O–H groups in total. The molecular formula is C36H39N3O2S. The van der Waals surface area contributed by atoms with Gasteiger partial charge in [-0.15, -0.1) is 11.8 Å². The number of carbonyl (C=O) groups excluding carboxylic acids is 2. The zero-order valence-electron chi connectivity index (χ0n) is 24.3. The van der Waals surface area contributed by atoms with Crippen LogP contribution < -0.4 is 15.5 Å². The minimum atomic E-state index is -0.137. The van der Waals surface area contributed by atoms with Crippen LogP contribution in [0.2, 0.25) is 0 Å². The molecule has 1 heterocycles. The first-order chi connectivity index (χ1) is 20.5. The summed E-state index contributed by atoms with van der Waals surface area (Å²) in [6.07, 6.45) is 1.89. The van der Waals surface area contributed by atoms with Gasteiger partial charge >= 0.3 is 0 Å². The van der Waals surface area contributed by atoms with E-state index in [-0.39, 0.29) is 23.8 Å². The van der Waals surface area contributed by atoms with E-state index in [4.69, 9.17) is 0 Å². The maximum Gasteiger partial charge on any atom is 0.255 e. The molecule has 6 heteroatoms. The third-order valence-electron chi connectivity index (χ3n) is 7.77. The maximum atomic E-state index is 13.2. The minimum Gasteiger partial charge on any atom is -0.372 e. The van der Waals surface area contributed by atoms with Crippen LogP contribution >= 0.6 is 11.8 Å². The van der Waals surface area contributed by atoms with Crippen molar-refractivity contribution in [2.45, 2.75) is 49.3 Å². The topological polar surface area (TPSA) is 61.4 Å². The normalized spacial score (nSPS) is 14.4. The van der Waals surface area contributed by atoms with Crippen LogP contribution in [0.15, 0.2) is 114 Å². The van der Waals surface area contributed by atoms with E-state index in [1.807, 2.05) is 86.6 Å². The molecule has 1 aliphatic heterocycles. The second-order valence-electron chi connectivity index (χ2n) is 11.1. The summed E-state index contributed by atoms with van der Waals surface area (Å²) in [6.45, 7) is 5.80. The lowest BCUT2D eigenvalue weighted by atomic mass is 9.79. The van der Waals surface area contributed by atoms with E-state index >= 15 is 0 Å². The van der Waals surface area contributed by atoms with Crippen LogP contribution in [0, 0.1) is 5.92 Å². The lowest BCUT2D eigenvalue weighted by molar-refractivity contribution is -0.124. The molecule has 4 aromatic rings. The Morgan fingerprint density at radius 3 is 2.10 bits per heavy atom. The van der Waals surface area contributed by atoms with Gasteiger partial charge in [0, 0.05) is 46.7 Å². The Hall–Kier alpha value is -4.03. The Labute approximate surface area is 253 Å². The van der Waals surface area contributed by atoms with Crippen LogP contribution in [0.3, 0.4) is 0 Å². The zero-order valence-corrected chi connectivity index (χ0v) is 25.1. The third kappa shape index (κ3) is 7.62.